The number of aromatic nitrogens is 1. The van der Waals surface area contributed by atoms with Gasteiger partial charge >= 0.3 is 0 Å². The second kappa shape index (κ2) is 8.64. The molecule has 7 nitrogen and oxygen atoms in total. The first kappa shape index (κ1) is 20.8. The molecule has 0 atom stereocenters. The summed E-state index contributed by atoms with van der Waals surface area (Å²) in [5.41, 5.74) is 1.73. The van der Waals surface area contributed by atoms with Crippen LogP contribution in [0.3, 0.4) is 0 Å². The van der Waals surface area contributed by atoms with Crippen molar-refractivity contribution in [2.45, 2.75) is 24.3 Å². The zero-order chi connectivity index (χ0) is 21.0. The van der Waals surface area contributed by atoms with Crippen LogP contribution < -0.4 is 0 Å². The largest absolute Gasteiger partial charge is 0.345 e. The number of sulfonamides is 1. The minimum absolute atomic E-state index is 0.141. The van der Waals surface area contributed by atoms with Crippen LogP contribution in [0.1, 0.15) is 34.5 Å². The Bertz CT molecular complexity index is 1040. The third-order valence-corrected chi connectivity index (χ3v) is 6.86. The summed E-state index contributed by atoms with van der Waals surface area (Å²) in [6, 6.07) is 10.5. The van der Waals surface area contributed by atoms with Crippen molar-refractivity contribution in [3.63, 3.8) is 0 Å². The molecule has 0 aliphatic carbocycles. The molecule has 0 unspecified atom stereocenters. The first-order valence-electron chi connectivity index (χ1n) is 9.42. The summed E-state index contributed by atoms with van der Waals surface area (Å²) in [6.45, 7) is 5.40. The third-order valence-electron chi connectivity index (χ3n) is 4.99. The summed E-state index contributed by atoms with van der Waals surface area (Å²) in [5.74, 6) is -0.278. The Hall–Kier alpha value is -2.89. The number of nitrogens with zero attached hydrogens (tertiary/aromatic N) is 4. The van der Waals surface area contributed by atoms with Gasteiger partial charge in [0.1, 0.15) is 10.6 Å². The number of hydrogen-bond acceptors (Lipinski definition) is 4. The lowest BCUT2D eigenvalue weighted by atomic mass is 10.1. The lowest BCUT2D eigenvalue weighted by molar-refractivity contribution is 0.0753. The van der Waals surface area contributed by atoms with Gasteiger partial charge in [-0.15, -0.1) is 6.58 Å². The molecule has 1 amide bonds. The maximum Gasteiger partial charge on any atom is 0.271 e. The van der Waals surface area contributed by atoms with Crippen LogP contribution in [-0.4, -0.2) is 47.7 Å². The Balaban J connectivity index is 1.85. The molecule has 29 heavy (non-hydrogen) atoms. The Kier molecular flexibility index (Phi) is 6.20. The van der Waals surface area contributed by atoms with Gasteiger partial charge in [-0.1, -0.05) is 18.2 Å². The average molecular weight is 413 g/mol. The van der Waals surface area contributed by atoms with Crippen LogP contribution in [0.5, 0.6) is 0 Å². The van der Waals surface area contributed by atoms with Gasteiger partial charge in [0.25, 0.3) is 5.91 Å². The topological polar surface area (TPSA) is 86.4 Å². The Labute approximate surface area is 171 Å². The van der Waals surface area contributed by atoms with Crippen LogP contribution in [0.25, 0.3) is 0 Å². The molecule has 0 bridgehead atoms. The number of benzene rings is 1. The minimum atomic E-state index is -3.59. The molecular weight excluding hydrogens is 388 g/mol. The van der Waals surface area contributed by atoms with E-state index in [4.69, 9.17) is 5.26 Å². The van der Waals surface area contributed by atoms with Crippen molar-refractivity contribution in [2.75, 3.05) is 19.6 Å². The summed E-state index contributed by atoms with van der Waals surface area (Å²) < 4.78 is 28.7. The molecule has 1 saturated heterocycles. The molecule has 1 fully saturated rings. The van der Waals surface area contributed by atoms with Crippen LogP contribution in [0.15, 0.2) is 54.1 Å². The minimum Gasteiger partial charge on any atom is -0.345 e. The zero-order valence-electron chi connectivity index (χ0n) is 16.4. The van der Waals surface area contributed by atoms with Gasteiger partial charge < -0.3 is 9.47 Å². The summed E-state index contributed by atoms with van der Waals surface area (Å²) in [5, 5.41) is 8.93. The quantitative estimate of drug-likeness (QED) is 0.654. The summed E-state index contributed by atoms with van der Waals surface area (Å²) >= 11 is 0. The smallest absolute Gasteiger partial charge is 0.271 e. The van der Waals surface area contributed by atoms with E-state index in [1.165, 1.54) is 16.6 Å². The van der Waals surface area contributed by atoms with E-state index < -0.39 is 10.0 Å². The average Bonchev–Trinajstić information content (AvgIpc) is 3.38. The second-order valence-corrected chi connectivity index (χ2v) is 9.00. The molecule has 1 aromatic carbocycles. The van der Waals surface area contributed by atoms with Crippen molar-refractivity contribution in [3.8, 4) is 6.07 Å². The SMILES string of the molecule is C=CCN(Cc1ccc(C#N)cc1)C(=O)c1cc(S(=O)(=O)N2CCCC2)cn1C. The number of carbonyl (C=O) groups excluding carboxylic acids is 1. The van der Waals surface area contributed by atoms with Gasteiger partial charge in [0.2, 0.25) is 10.0 Å². The molecule has 2 heterocycles. The molecule has 2 aromatic rings. The Morgan fingerprint density at radius 3 is 2.52 bits per heavy atom. The van der Waals surface area contributed by atoms with Crippen LogP contribution >= 0.6 is 0 Å². The number of nitriles is 1. The number of rotatable bonds is 7. The van der Waals surface area contributed by atoms with E-state index >= 15 is 0 Å². The molecule has 1 aliphatic heterocycles. The standard InChI is InChI=1S/C21H24N4O3S/c1-3-10-24(15-18-8-6-17(14-22)7-9-18)21(26)20-13-19(16-23(20)2)29(27,28)25-11-4-5-12-25/h3,6-9,13,16H,1,4-5,10-12,15H2,2H3. The highest BCUT2D eigenvalue weighted by Gasteiger charge is 2.30. The van der Waals surface area contributed by atoms with Crippen LogP contribution in [0, 0.1) is 11.3 Å². The van der Waals surface area contributed by atoms with Gasteiger partial charge in [-0.25, -0.2) is 8.42 Å². The number of carbonyl (C=O) groups is 1. The van der Waals surface area contributed by atoms with Gasteiger partial charge in [-0.2, -0.15) is 9.57 Å². The monoisotopic (exact) mass is 412 g/mol. The Morgan fingerprint density at radius 1 is 1.28 bits per heavy atom. The van der Waals surface area contributed by atoms with E-state index in [1.54, 1.807) is 46.9 Å². The van der Waals surface area contributed by atoms with E-state index in [-0.39, 0.29) is 10.8 Å². The van der Waals surface area contributed by atoms with E-state index in [2.05, 4.69) is 12.6 Å². The van der Waals surface area contributed by atoms with E-state index in [1.807, 2.05) is 0 Å². The molecule has 8 heteroatoms. The first-order valence-corrected chi connectivity index (χ1v) is 10.9. The highest BCUT2D eigenvalue weighted by atomic mass is 32.2. The lowest BCUT2D eigenvalue weighted by Gasteiger charge is -2.21. The number of amides is 1. The summed E-state index contributed by atoms with van der Waals surface area (Å²) in [7, 11) is -1.92. The molecule has 0 radical (unpaired) electrons. The van der Waals surface area contributed by atoms with Crippen LogP contribution in [-0.2, 0) is 23.6 Å². The van der Waals surface area contributed by atoms with Crippen molar-refractivity contribution in [3.05, 3.63) is 66.0 Å². The van der Waals surface area contributed by atoms with Crippen molar-refractivity contribution >= 4 is 15.9 Å². The normalized spacial score (nSPS) is 14.5. The number of hydrogen-bond donors (Lipinski definition) is 0. The predicted molar refractivity (Wildman–Crippen MR) is 110 cm³/mol. The van der Waals surface area contributed by atoms with Crippen molar-refractivity contribution in [2.24, 2.45) is 7.05 Å². The molecule has 0 spiro atoms. The van der Waals surface area contributed by atoms with Gasteiger partial charge in [0.15, 0.2) is 0 Å². The fraction of sp³-hybridized carbons (Fsp3) is 0.333. The van der Waals surface area contributed by atoms with E-state index in [0.717, 1.165) is 18.4 Å². The second-order valence-electron chi connectivity index (χ2n) is 7.07. The third kappa shape index (κ3) is 4.42. The van der Waals surface area contributed by atoms with Gasteiger partial charge in [0, 0.05) is 39.4 Å². The molecule has 0 saturated carbocycles. The molecule has 3 rings (SSSR count). The first-order chi connectivity index (χ1) is 13.9. The van der Waals surface area contributed by atoms with E-state index in [0.29, 0.717) is 37.4 Å². The lowest BCUT2D eigenvalue weighted by Crippen LogP contribution is -2.32. The molecule has 152 valence electrons. The number of aryl methyl sites for hydroxylation is 1. The van der Waals surface area contributed by atoms with Gasteiger partial charge in [-0.05, 0) is 36.6 Å². The molecule has 0 N–H and O–H groups in total. The van der Waals surface area contributed by atoms with Crippen LogP contribution in [0.2, 0.25) is 0 Å². The zero-order valence-corrected chi connectivity index (χ0v) is 17.2. The highest BCUT2D eigenvalue weighted by Crippen LogP contribution is 2.23. The molecule has 1 aliphatic rings. The maximum absolute atomic E-state index is 13.1. The van der Waals surface area contributed by atoms with Gasteiger partial charge in [-0.3, -0.25) is 4.79 Å². The predicted octanol–water partition coefficient (Wildman–Crippen LogP) is 2.51. The fourth-order valence-corrected chi connectivity index (χ4v) is 5.00. The fourth-order valence-electron chi connectivity index (χ4n) is 3.41. The maximum atomic E-state index is 13.1. The highest BCUT2D eigenvalue weighted by molar-refractivity contribution is 7.89. The van der Waals surface area contributed by atoms with Crippen molar-refractivity contribution in [1.82, 2.24) is 13.8 Å². The van der Waals surface area contributed by atoms with Crippen molar-refractivity contribution < 1.29 is 13.2 Å². The van der Waals surface area contributed by atoms with Gasteiger partial charge in [0.05, 0.1) is 11.6 Å². The summed E-state index contributed by atoms with van der Waals surface area (Å²) in [6.07, 6.45) is 4.84. The molecular formula is C21H24N4O3S. The molecule has 1 aromatic heterocycles. The summed E-state index contributed by atoms with van der Waals surface area (Å²) in [4.78, 5) is 14.9. The van der Waals surface area contributed by atoms with Crippen LogP contribution in [0.4, 0.5) is 0 Å². The Morgan fingerprint density at radius 2 is 1.93 bits per heavy atom. The van der Waals surface area contributed by atoms with Crippen molar-refractivity contribution in [1.29, 1.82) is 5.26 Å². The van der Waals surface area contributed by atoms with E-state index in [9.17, 15) is 13.2 Å².